The fraction of sp³-hybridized carbons (Fsp3) is 0.857. The number of hydrogen-bond donors (Lipinski definition) is 1. The molecule has 0 aliphatic carbocycles. The Kier molecular flexibility index (Phi) is 4.72. The number of carbonyl (C=O) groups excluding carboxylic acids is 2. The van der Waals surface area contributed by atoms with Crippen LogP contribution in [0.5, 0.6) is 0 Å². The van der Waals surface area contributed by atoms with E-state index in [0.717, 1.165) is 25.7 Å². The second-order valence-electron chi connectivity index (χ2n) is 6.02. The van der Waals surface area contributed by atoms with Crippen molar-refractivity contribution >= 4 is 11.8 Å². The van der Waals surface area contributed by atoms with Crippen LogP contribution in [0.15, 0.2) is 0 Å². The molecule has 1 aliphatic rings. The Labute approximate surface area is 104 Å². The van der Waals surface area contributed by atoms with Gasteiger partial charge in [-0.05, 0) is 24.2 Å². The van der Waals surface area contributed by atoms with Crippen LogP contribution in [0.4, 0.5) is 0 Å². The van der Waals surface area contributed by atoms with Gasteiger partial charge in [-0.1, -0.05) is 40.5 Å². The van der Waals surface area contributed by atoms with Gasteiger partial charge in [0.2, 0.25) is 11.8 Å². The van der Waals surface area contributed by atoms with Crippen molar-refractivity contribution in [3.8, 4) is 0 Å². The summed E-state index contributed by atoms with van der Waals surface area (Å²) in [5, 5.41) is 2.48. The van der Waals surface area contributed by atoms with E-state index in [4.69, 9.17) is 0 Å². The number of carbonyl (C=O) groups is 2. The molecule has 3 heteroatoms. The molecule has 2 amide bonds. The second kappa shape index (κ2) is 5.65. The molecular formula is C14H25NO2. The van der Waals surface area contributed by atoms with Crippen molar-refractivity contribution in [1.29, 1.82) is 0 Å². The fourth-order valence-corrected chi connectivity index (χ4v) is 2.72. The highest BCUT2D eigenvalue weighted by atomic mass is 16.2. The van der Waals surface area contributed by atoms with Crippen LogP contribution in [0.2, 0.25) is 0 Å². The lowest BCUT2D eigenvalue weighted by molar-refractivity contribution is -0.143. The van der Waals surface area contributed by atoms with Crippen LogP contribution in [0.3, 0.4) is 0 Å². The van der Waals surface area contributed by atoms with Gasteiger partial charge in [-0.3, -0.25) is 14.9 Å². The zero-order valence-electron chi connectivity index (χ0n) is 11.5. The molecule has 0 spiro atoms. The first-order valence-corrected chi connectivity index (χ1v) is 6.72. The summed E-state index contributed by atoms with van der Waals surface area (Å²) < 4.78 is 0. The molecule has 2 atom stereocenters. The van der Waals surface area contributed by atoms with Crippen LogP contribution in [0.25, 0.3) is 0 Å². The molecule has 0 saturated carbocycles. The molecule has 1 fully saturated rings. The Morgan fingerprint density at radius 2 is 2.06 bits per heavy atom. The standard InChI is InChI=1S/C14H25NO2/c1-5-6-11-13(17)15-12(16)9-14(11,4)8-7-10(2)3/h10-11H,5-9H2,1-4H3,(H,15,16,17). The van der Waals surface area contributed by atoms with Gasteiger partial charge < -0.3 is 0 Å². The van der Waals surface area contributed by atoms with E-state index in [0.29, 0.717) is 12.3 Å². The molecule has 3 nitrogen and oxygen atoms in total. The molecule has 98 valence electrons. The predicted molar refractivity (Wildman–Crippen MR) is 68.3 cm³/mol. The second-order valence-corrected chi connectivity index (χ2v) is 6.02. The molecule has 1 saturated heterocycles. The molecule has 0 radical (unpaired) electrons. The number of piperidine rings is 1. The molecule has 17 heavy (non-hydrogen) atoms. The van der Waals surface area contributed by atoms with Crippen molar-refractivity contribution in [3.05, 3.63) is 0 Å². The Balaban J connectivity index is 2.80. The highest BCUT2D eigenvalue weighted by Gasteiger charge is 2.43. The summed E-state index contributed by atoms with van der Waals surface area (Å²) in [6.45, 7) is 8.56. The normalized spacial score (nSPS) is 29.6. The number of imide groups is 1. The summed E-state index contributed by atoms with van der Waals surface area (Å²) in [6.07, 6.45) is 4.42. The number of amides is 2. The largest absolute Gasteiger partial charge is 0.296 e. The topological polar surface area (TPSA) is 46.2 Å². The zero-order chi connectivity index (χ0) is 13.1. The molecule has 1 aliphatic heterocycles. The van der Waals surface area contributed by atoms with Crippen LogP contribution >= 0.6 is 0 Å². The van der Waals surface area contributed by atoms with Crippen molar-refractivity contribution in [1.82, 2.24) is 5.32 Å². The molecule has 0 aromatic carbocycles. The smallest absolute Gasteiger partial charge is 0.230 e. The SMILES string of the molecule is CCCC1C(=O)NC(=O)CC1(C)CCC(C)C. The first-order valence-electron chi connectivity index (χ1n) is 6.72. The lowest BCUT2D eigenvalue weighted by atomic mass is 9.66. The first-order chi connectivity index (χ1) is 7.89. The third-order valence-corrected chi connectivity index (χ3v) is 3.85. The van der Waals surface area contributed by atoms with E-state index in [1.807, 2.05) is 0 Å². The zero-order valence-corrected chi connectivity index (χ0v) is 11.5. The maximum Gasteiger partial charge on any atom is 0.230 e. The van der Waals surface area contributed by atoms with Gasteiger partial charge in [0.1, 0.15) is 0 Å². The summed E-state index contributed by atoms with van der Waals surface area (Å²) in [7, 11) is 0. The molecule has 1 N–H and O–H groups in total. The Hall–Kier alpha value is -0.860. The van der Waals surface area contributed by atoms with Gasteiger partial charge in [-0.25, -0.2) is 0 Å². The van der Waals surface area contributed by atoms with Crippen LogP contribution in [-0.2, 0) is 9.59 Å². The molecule has 0 aromatic heterocycles. The van der Waals surface area contributed by atoms with E-state index >= 15 is 0 Å². The van der Waals surface area contributed by atoms with E-state index in [2.05, 4.69) is 33.0 Å². The lowest BCUT2D eigenvalue weighted by Gasteiger charge is -2.40. The lowest BCUT2D eigenvalue weighted by Crippen LogP contribution is -2.51. The van der Waals surface area contributed by atoms with Crippen molar-refractivity contribution in [2.75, 3.05) is 0 Å². The Bertz CT molecular complexity index is 299. The summed E-state index contributed by atoms with van der Waals surface area (Å²) in [5.41, 5.74) is -0.139. The van der Waals surface area contributed by atoms with Gasteiger partial charge >= 0.3 is 0 Å². The van der Waals surface area contributed by atoms with E-state index in [-0.39, 0.29) is 23.1 Å². The van der Waals surface area contributed by atoms with Crippen molar-refractivity contribution in [2.24, 2.45) is 17.3 Å². The van der Waals surface area contributed by atoms with Gasteiger partial charge in [-0.15, -0.1) is 0 Å². The van der Waals surface area contributed by atoms with Crippen molar-refractivity contribution < 1.29 is 9.59 Å². The van der Waals surface area contributed by atoms with Crippen LogP contribution < -0.4 is 5.32 Å². The number of hydrogen-bond acceptors (Lipinski definition) is 2. The van der Waals surface area contributed by atoms with Gasteiger partial charge in [0.15, 0.2) is 0 Å². The average molecular weight is 239 g/mol. The van der Waals surface area contributed by atoms with Crippen LogP contribution in [0.1, 0.15) is 59.8 Å². The Morgan fingerprint density at radius 3 is 2.59 bits per heavy atom. The van der Waals surface area contributed by atoms with E-state index in [1.165, 1.54) is 0 Å². The van der Waals surface area contributed by atoms with Gasteiger partial charge in [-0.2, -0.15) is 0 Å². The third-order valence-electron chi connectivity index (χ3n) is 3.85. The first kappa shape index (κ1) is 14.2. The number of nitrogens with one attached hydrogen (secondary N) is 1. The van der Waals surface area contributed by atoms with Crippen molar-refractivity contribution in [3.63, 3.8) is 0 Å². The molecular weight excluding hydrogens is 214 g/mol. The van der Waals surface area contributed by atoms with E-state index < -0.39 is 0 Å². The van der Waals surface area contributed by atoms with E-state index in [9.17, 15) is 9.59 Å². The quantitative estimate of drug-likeness (QED) is 0.750. The fourth-order valence-electron chi connectivity index (χ4n) is 2.72. The summed E-state index contributed by atoms with van der Waals surface area (Å²) in [4.78, 5) is 23.5. The Morgan fingerprint density at radius 1 is 1.41 bits per heavy atom. The minimum absolute atomic E-state index is 0.00366. The third kappa shape index (κ3) is 3.55. The summed E-state index contributed by atoms with van der Waals surface area (Å²) >= 11 is 0. The van der Waals surface area contributed by atoms with Crippen LogP contribution in [0, 0.1) is 17.3 Å². The highest BCUT2D eigenvalue weighted by Crippen LogP contribution is 2.42. The predicted octanol–water partition coefficient (Wildman–Crippen LogP) is 2.89. The summed E-state index contributed by atoms with van der Waals surface area (Å²) in [6, 6.07) is 0. The van der Waals surface area contributed by atoms with Gasteiger partial charge in [0, 0.05) is 12.3 Å². The molecule has 0 aromatic rings. The molecule has 0 bridgehead atoms. The minimum Gasteiger partial charge on any atom is -0.296 e. The molecule has 1 rings (SSSR count). The highest BCUT2D eigenvalue weighted by molar-refractivity contribution is 5.99. The van der Waals surface area contributed by atoms with Crippen LogP contribution in [-0.4, -0.2) is 11.8 Å². The summed E-state index contributed by atoms with van der Waals surface area (Å²) in [5.74, 6) is 0.459. The van der Waals surface area contributed by atoms with E-state index in [1.54, 1.807) is 0 Å². The van der Waals surface area contributed by atoms with Gasteiger partial charge in [0.25, 0.3) is 0 Å². The van der Waals surface area contributed by atoms with Gasteiger partial charge in [0.05, 0.1) is 0 Å². The monoisotopic (exact) mass is 239 g/mol. The maximum atomic E-state index is 11.9. The number of rotatable bonds is 5. The average Bonchev–Trinajstić information content (AvgIpc) is 2.21. The maximum absolute atomic E-state index is 11.9. The minimum atomic E-state index is -0.139. The molecule has 1 heterocycles. The van der Waals surface area contributed by atoms with Crippen molar-refractivity contribution in [2.45, 2.75) is 59.8 Å². The molecule has 2 unspecified atom stereocenters.